The minimum Gasteiger partial charge on any atom is -0.481 e. The second-order valence-corrected chi connectivity index (χ2v) is 4.97. The third kappa shape index (κ3) is 2.06. The van der Waals surface area contributed by atoms with Crippen LogP contribution in [0, 0.1) is 22.2 Å². The molecule has 0 unspecified atom stereocenters. The molecule has 78 valence electrons. The molecule has 0 spiro atoms. The highest BCUT2D eigenvalue weighted by atomic mass is 16.4. The highest BCUT2D eigenvalue weighted by Gasteiger charge is 2.42. The van der Waals surface area contributed by atoms with Gasteiger partial charge in [0.05, 0.1) is 16.9 Å². The second kappa shape index (κ2) is 3.61. The first-order chi connectivity index (χ1) is 6.42. The van der Waals surface area contributed by atoms with E-state index in [4.69, 9.17) is 10.4 Å². The van der Waals surface area contributed by atoms with E-state index >= 15 is 0 Å². The lowest BCUT2D eigenvalue weighted by Crippen LogP contribution is -2.31. The SMILES string of the molecule is CC(C)(CC1(C#N)CCCC1)C(=O)O. The van der Waals surface area contributed by atoms with Gasteiger partial charge in [-0.15, -0.1) is 0 Å². The van der Waals surface area contributed by atoms with Crippen molar-refractivity contribution in [3.05, 3.63) is 0 Å². The Balaban J connectivity index is 2.75. The summed E-state index contributed by atoms with van der Waals surface area (Å²) in [4.78, 5) is 11.0. The van der Waals surface area contributed by atoms with Crippen molar-refractivity contribution in [1.82, 2.24) is 0 Å². The van der Waals surface area contributed by atoms with Gasteiger partial charge in [-0.1, -0.05) is 12.8 Å². The quantitative estimate of drug-likeness (QED) is 0.752. The predicted octanol–water partition coefficient (Wildman–Crippen LogP) is 2.57. The van der Waals surface area contributed by atoms with Crippen LogP contribution in [0.1, 0.15) is 46.0 Å². The van der Waals surface area contributed by atoms with Crippen LogP contribution in [0.5, 0.6) is 0 Å². The van der Waals surface area contributed by atoms with Crippen LogP contribution in [0.25, 0.3) is 0 Å². The van der Waals surface area contributed by atoms with Gasteiger partial charge in [-0.2, -0.15) is 5.26 Å². The maximum Gasteiger partial charge on any atom is 0.309 e. The number of carbonyl (C=O) groups is 1. The monoisotopic (exact) mass is 195 g/mol. The lowest BCUT2D eigenvalue weighted by molar-refractivity contribution is -0.148. The summed E-state index contributed by atoms with van der Waals surface area (Å²) in [6.07, 6.45) is 4.32. The zero-order valence-corrected chi connectivity index (χ0v) is 8.84. The molecule has 0 aromatic carbocycles. The Morgan fingerprint density at radius 3 is 2.36 bits per heavy atom. The van der Waals surface area contributed by atoms with Crippen molar-refractivity contribution in [1.29, 1.82) is 5.26 Å². The van der Waals surface area contributed by atoms with E-state index in [9.17, 15) is 4.79 Å². The molecule has 0 radical (unpaired) electrons. The van der Waals surface area contributed by atoms with Crippen molar-refractivity contribution in [2.45, 2.75) is 46.0 Å². The number of hydrogen-bond donors (Lipinski definition) is 1. The highest BCUT2D eigenvalue weighted by molar-refractivity contribution is 5.73. The standard InChI is InChI=1S/C11H17NO2/c1-10(2,9(13)14)7-11(8-12)5-3-4-6-11/h3-7H2,1-2H3,(H,13,14). The van der Waals surface area contributed by atoms with Gasteiger partial charge < -0.3 is 5.11 Å². The van der Waals surface area contributed by atoms with Gasteiger partial charge in [0.1, 0.15) is 0 Å². The molecule has 0 bridgehead atoms. The van der Waals surface area contributed by atoms with E-state index in [0.29, 0.717) is 6.42 Å². The van der Waals surface area contributed by atoms with Crippen LogP contribution in [0.2, 0.25) is 0 Å². The Kier molecular flexibility index (Phi) is 2.84. The van der Waals surface area contributed by atoms with Gasteiger partial charge in [0.2, 0.25) is 0 Å². The van der Waals surface area contributed by atoms with Crippen molar-refractivity contribution in [3.63, 3.8) is 0 Å². The summed E-state index contributed by atoms with van der Waals surface area (Å²) in [6.45, 7) is 3.40. The van der Waals surface area contributed by atoms with E-state index in [1.807, 2.05) is 0 Å². The van der Waals surface area contributed by atoms with Crippen LogP contribution in [0.4, 0.5) is 0 Å². The molecule has 1 saturated carbocycles. The first-order valence-corrected chi connectivity index (χ1v) is 5.07. The van der Waals surface area contributed by atoms with Gasteiger partial charge in [0, 0.05) is 0 Å². The fourth-order valence-corrected chi connectivity index (χ4v) is 2.30. The van der Waals surface area contributed by atoms with E-state index in [-0.39, 0.29) is 5.41 Å². The average molecular weight is 195 g/mol. The third-order valence-corrected chi connectivity index (χ3v) is 3.16. The maximum absolute atomic E-state index is 11.0. The summed E-state index contributed by atoms with van der Waals surface area (Å²) >= 11 is 0. The smallest absolute Gasteiger partial charge is 0.309 e. The normalized spacial score (nSPS) is 20.4. The summed E-state index contributed by atoms with van der Waals surface area (Å²) in [5.74, 6) is -0.806. The van der Waals surface area contributed by atoms with Crippen molar-refractivity contribution in [3.8, 4) is 6.07 Å². The fourth-order valence-electron chi connectivity index (χ4n) is 2.30. The van der Waals surface area contributed by atoms with E-state index in [1.165, 1.54) is 0 Å². The van der Waals surface area contributed by atoms with Crippen molar-refractivity contribution < 1.29 is 9.90 Å². The molecular formula is C11H17NO2. The molecule has 3 nitrogen and oxygen atoms in total. The zero-order chi connectivity index (χ0) is 10.8. The molecule has 1 fully saturated rings. The number of rotatable bonds is 3. The van der Waals surface area contributed by atoms with E-state index in [0.717, 1.165) is 25.7 Å². The summed E-state index contributed by atoms with van der Waals surface area (Å²) in [5.41, 5.74) is -1.15. The number of carboxylic acid groups (broad SMARTS) is 1. The van der Waals surface area contributed by atoms with Crippen LogP contribution in [-0.4, -0.2) is 11.1 Å². The van der Waals surface area contributed by atoms with E-state index < -0.39 is 11.4 Å². The highest BCUT2D eigenvalue weighted by Crippen LogP contribution is 2.45. The first kappa shape index (κ1) is 11.0. The molecule has 0 saturated heterocycles. The van der Waals surface area contributed by atoms with Crippen molar-refractivity contribution >= 4 is 5.97 Å². The summed E-state index contributed by atoms with van der Waals surface area (Å²) in [6, 6.07) is 2.33. The Labute approximate surface area is 84.7 Å². The van der Waals surface area contributed by atoms with Gasteiger partial charge in [0.15, 0.2) is 0 Å². The maximum atomic E-state index is 11.0. The lowest BCUT2D eigenvalue weighted by atomic mass is 9.72. The number of nitrogens with zero attached hydrogens (tertiary/aromatic N) is 1. The summed E-state index contributed by atoms with van der Waals surface area (Å²) in [7, 11) is 0. The first-order valence-electron chi connectivity index (χ1n) is 5.07. The molecule has 0 aromatic rings. The van der Waals surface area contributed by atoms with Gasteiger partial charge in [-0.25, -0.2) is 0 Å². The van der Waals surface area contributed by atoms with Crippen LogP contribution < -0.4 is 0 Å². The summed E-state index contributed by atoms with van der Waals surface area (Å²) in [5, 5.41) is 18.1. The molecule has 0 aliphatic heterocycles. The van der Waals surface area contributed by atoms with Gasteiger partial charge in [-0.05, 0) is 33.1 Å². The Hall–Kier alpha value is -1.04. The van der Waals surface area contributed by atoms with Crippen LogP contribution >= 0.6 is 0 Å². The Morgan fingerprint density at radius 1 is 1.50 bits per heavy atom. The van der Waals surface area contributed by atoms with Crippen molar-refractivity contribution in [2.24, 2.45) is 10.8 Å². The molecule has 0 heterocycles. The average Bonchev–Trinajstić information content (AvgIpc) is 2.53. The summed E-state index contributed by atoms with van der Waals surface area (Å²) < 4.78 is 0. The molecule has 3 heteroatoms. The Morgan fingerprint density at radius 2 is 2.00 bits per heavy atom. The van der Waals surface area contributed by atoms with Crippen molar-refractivity contribution in [2.75, 3.05) is 0 Å². The molecule has 0 amide bonds. The minimum absolute atomic E-state index is 0.373. The molecule has 1 N–H and O–H groups in total. The molecule has 14 heavy (non-hydrogen) atoms. The largest absolute Gasteiger partial charge is 0.481 e. The molecule has 0 atom stereocenters. The molecular weight excluding hydrogens is 178 g/mol. The molecule has 0 aromatic heterocycles. The van der Waals surface area contributed by atoms with Crippen LogP contribution in [0.15, 0.2) is 0 Å². The van der Waals surface area contributed by atoms with Gasteiger partial charge in [-0.3, -0.25) is 4.79 Å². The zero-order valence-electron chi connectivity index (χ0n) is 8.84. The molecule has 1 aliphatic carbocycles. The number of hydrogen-bond acceptors (Lipinski definition) is 2. The molecule has 1 rings (SSSR count). The second-order valence-electron chi connectivity index (χ2n) is 4.97. The van der Waals surface area contributed by atoms with Gasteiger partial charge >= 0.3 is 5.97 Å². The fraction of sp³-hybridized carbons (Fsp3) is 0.818. The number of nitriles is 1. The predicted molar refractivity (Wildman–Crippen MR) is 52.5 cm³/mol. The van der Waals surface area contributed by atoms with Gasteiger partial charge in [0.25, 0.3) is 0 Å². The number of aliphatic carboxylic acids is 1. The van der Waals surface area contributed by atoms with E-state index in [1.54, 1.807) is 13.8 Å². The lowest BCUT2D eigenvalue weighted by Gasteiger charge is -2.29. The minimum atomic E-state index is -0.806. The van der Waals surface area contributed by atoms with Crippen LogP contribution in [-0.2, 0) is 4.79 Å². The van der Waals surface area contributed by atoms with E-state index in [2.05, 4.69) is 6.07 Å². The molecule has 1 aliphatic rings. The third-order valence-electron chi connectivity index (χ3n) is 3.16. The topological polar surface area (TPSA) is 61.1 Å². The number of carboxylic acids is 1. The van der Waals surface area contributed by atoms with Crippen LogP contribution in [0.3, 0.4) is 0 Å². The Bertz CT molecular complexity index is 270.